The Labute approximate surface area is 179 Å². The third kappa shape index (κ3) is 26.0. The van der Waals surface area contributed by atoms with Gasteiger partial charge in [0.05, 0.1) is 6.61 Å². The third-order valence-electron chi connectivity index (χ3n) is 5.91. The molecule has 0 unspecified atom stereocenters. The first kappa shape index (κ1) is 28.0. The molecule has 0 spiro atoms. The Bertz CT molecular complexity index is 225. The molecule has 1 nitrogen and oxygen atoms in total. The monoisotopic (exact) mass is 395 g/mol. The largest absolute Gasteiger partial charge is 0.376 e. The summed E-state index contributed by atoms with van der Waals surface area (Å²) < 4.78 is 5.49. The zero-order valence-corrected chi connectivity index (χ0v) is 20.0. The molecule has 169 valence electrons. The lowest BCUT2D eigenvalue weighted by molar-refractivity contribution is 0.185. The second kappa shape index (κ2) is 27.0. The van der Waals surface area contributed by atoms with E-state index in [1.54, 1.807) is 0 Å². The molecule has 0 rings (SSSR count). The Morgan fingerprint density at radius 3 is 1.07 bits per heavy atom. The molecule has 0 aromatic rings. The summed E-state index contributed by atoms with van der Waals surface area (Å²) in [6, 6.07) is 0. The lowest BCUT2D eigenvalue weighted by Crippen LogP contribution is -1.91. The molecule has 0 saturated carbocycles. The van der Waals surface area contributed by atoms with Crippen molar-refractivity contribution >= 4 is 0 Å². The van der Waals surface area contributed by atoms with Gasteiger partial charge in [0.25, 0.3) is 0 Å². The smallest absolute Gasteiger partial charge is 0.0836 e. The summed E-state index contributed by atoms with van der Waals surface area (Å²) in [5.74, 6) is 0. The summed E-state index contributed by atoms with van der Waals surface area (Å²) in [7, 11) is 0. The highest BCUT2D eigenvalue weighted by molar-refractivity contribution is 4.54. The molecule has 0 heterocycles. The van der Waals surface area contributed by atoms with E-state index in [2.05, 4.69) is 13.8 Å². The van der Waals surface area contributed by atoms with Gasteiger partial charge in [-0.3, -0.25) is 0 Å². The molecule has 0 aromatic heterocycles. The van der Waals surface area contributed by atoms with E-state index in [0.29, 0.717) is 0 Å². The van der Waals surface area contributed by atoms with Crippen LogP contribution in [0.3, 0.4) is 0 Å². The third-order valence-corrected chi connectivity index (χ3v) is 5.91. The summed E-state index contributed by atoms with van der Waals surface area (Å²) in [5, 5.41) is 0. The predicted octanol–water partition coefficient (Wildman–Crippen LogP) is 10.2. The Kier molecular flexibility index (Phi) is 26.9. The van der Waals surface area contributed by atoms with Gasteiger partial charge in [0.15, 0.2) is 0 Å². The minimum absolute atomic E-state index is 0.912. The van der Waals surface area contributed by atoms with Crippen molar-refractivity contribution in [2.45, 2.75) is 162 Å². The highest BCUT2D eigenvalue weighted by atomic mass is 16.5. The van der Waals surface area contributed by atoms with E-state index in [1.807, 2.05) is 6.61 Å². The summed E-state index contributed by atoms with van der Waals surface area (Å²) in [6.45, 7) is 7.45. The molecule has 0 aliphatic rings. The molecule has 0 N–H and O–H groups in total. The van der Waals surface area contributed by atoms with Crippen molar-refractivity contribution in [1.29, 1.82) is 0 Å². The molecule has 0 saturated heterocycles. The normalized spacial score (nSPS) is 11.4. The summed E-state index contributed by atoms with van der Waals surface area (Å²) in [6.07, 6.45) is 32.6. The second-order valence-corrected chi connectivity index (χ2v) is 8.90. The van der Waals surface area contributed by atoms with Gasteiger partial charge in [-0.2, -0.15) is 0 Å². The Balaban J connectivity index is 2.96. The van der Waals surface area contributed by atoms with E-state index >= 15 is 0 Å². The molecule has 1 radical (unpaired) electrons. The van der Waals surface area contributed by atoms with Crippen LogP contribution in [0.1, 0.15) is 162 Å². The Morgan fingerprint density at radius 2 is 0.714 bits per heavy atom. The first-order valence-corrected chi connectivity index (χ1v) is 13.3. The Hall–Kier alpha value is -0.0400. The predicted molar refractivity (Wildman–Crippen MR) is 128 cm³/mol. The average Bonchev–Trinajstić information content (AvgIpc) is 2.71. The van der Waals surface area contributed by atoms with Gasteiger partial charge >= 0.3 is 0 Å². The van der Waals surface area contributed by atoms with Crippen molar-refractivity contribution in [3.05, 3.63) is 6.61 Å². The van der Waals surface area contributed by atoms with E-state index in [0.717, 1.165) is 13.0 Å². The van der Waals surface area contributed by atoms with E-state index in [1.165, 1.54) is 141 Å². The van der Waals surface area contributed by atoms with E-state index in [4.69, 9.17) is 4.74 Å². The van der Waals surface area contributed by atoms with Crippen LogP contribution in [0.15, 0.2) is 0 Å². The first-order chi connectivity index (χ1) is 13.9. The number of ether oxygens (including phenoxy) is 1. The van der Waals surface area contributed by atoms with Crippen LogP contribution in [0.5, 0.6) is 0 Å². The van der Waals surface area contributed by atoms with E-state index in [-0.39, 0.29) is 0 Å². The van der Waals surface area contributed by atoms with Crippen LogP contribution in [0.4, 0.5) is 0 Å². The molecular weight excluding hydrogens is 340 g/mol. The fourth-order valence-corrected chi connectivity index (χ4v) is 3.88. The molecule has 0 atom stereocenters. The SMILES string of the molecule is CCCCCCCCCCCCCCCCCCCCCC[CH]OCCCC. The van der Waals surface area contributed by atoms with Crippen molar-refractivity contribution in [2.24, 2.45) is 0 Å². The van der Waals surface area contributed by atoms with Crippen LogP contribution in [-0.2, 0) is 4.74 Å². The Morgan fingerprint density at radius 1 is 0.393 bits per heavy atom. The van der Waals surface area contributed by atoms with Gasteiger partial charge in [-0.1, -0.05) is 149 Å². The summed E-state index contributed by atoms with van der Waals surface area (Å²) in [5.41, 5.74) is 0. The van der Waals surface area contributed by atoms with Gasteiger partial charge in [-0.25, -0.2) is 0 Å². The maximum Gasteiger partial charge on any atom is 0.0836 e. The maximum atomic E-state index is 5.49. The molecule has 0 aromatic carbocycles. The number of hydrogen-bond acceptors (Lipinski definition) is 1. The topological polar surface area (TPSA) is 9.23 Å². The minimum atomic E-state index is 0.912. The van der Waals surface area contributed by atoms with Crippen LogP contribution in [0, 0.1) is 6.61 Å². The van der Waals surface area contributed by atoms with Crippen LogP contribution in [0.25, 0.3) is 0 Å². The molecule has 0 bridgehead atoms. The molecule has 0 aliphatic heterocycles. The number of rotatable bonds is 25. The zero-order valence-electron chi connectivity index (χ0n) is 20.0. The van der Waals surface area contributed by atoms with Gasteiger partial charge < -0.3 is 4.74 Å². The number of unbranched alkanes of at least 4 members (excludes halogenated alkanes) is 21. The van der Waals surface area contributed by atoms with Gasteiger partial charge in [0.2, 0.25) is 0 Å². The first-order valence-electron chi connectivity index (χ1n) is 13.3. The lowest BCUT2D eigenvalue weighted by atomic mass is 10.0. The van der Waals surface area contributed by atoms with Crippen LogP contribution in [0.2, 0.25) is 0 Å². The average molecular weight is 396 g/mol. The summed E-state index contributed by atoms with van der Waals surface area (Å²) in [4.78, 5) is 0. The maximum absolute atomic E-state index is 5.49. The van der Waals surface area contributed by atoms with Crippen LogP contribution < -0.4 is 0 Å². The van der Waals surface area contributed by atoms with Gasteiger partial charge in [0, 0.05) is 6.61 Å². The molecular formula is C27H55O. The zero-order chi connectivity index (χ0) is 20.4. The molecule has 28 heavy (non-hydrogen) atoms. The van der Waals surface area contributed by atoms with Crippen LogP contribution in [-0.4, -0.2) is 6.61 Å². The van der Waals surface area contributed by atoms with Crippen molar-refractivity contribution in [3.63, 3.8) is 0 Å². The second-order valence-electron chi connectivity index (χ2n) is 8.90. The fraction of sp³-hybridized carbons (Fsp3) is 0.963. The van der Waals surface area contributed by atoms with Crippen molar-refractivity contribution < 1.29 is 4.74 Å². The summed E-state index contributed by atoms with van der Waals surface area (Å²) >= 11 is 0. The highest BCUT2D eigenvalue weighted by Crippen LogP contribution is 2.15. The van der Waals surface area contributed by atoms with Crippen molar-refractivity contribution in [1.82, 2.24) is 0 Å². The number of hydrogen-bond donors (Lipinski definition) is 0. The minimum Gasteiger partial charge on any atom is -0.376 e. The van der Waals surface area contributed by atoms with Gasteiger partial charge in [-0.05, 0) is 12.8 Å². The fourth-order valence-electron chi connectivity index (χ4n) is 3.88. The van der Waals surface area contributed by atoms with Crippen LogP contribution >= 0.6 is 0 Å². The standard InChI is InChI=1S/C27H55O/c1-3-5-7-8-9-10-11-12-13-14-15-16-17-18-19-20-21-22-23-24-25-27-28-26-6-4-2/h27H,3-26H2,1-2H3. The van der Waals surface area contributed by atoms with Gasteiger partial charge in [0.1, 0.15) is 0 Å². The quantitative estimate of drug-likeness (QED) is 0.140. The molecule has 0 amide bonds. The van der Waals surface area contributed by atoms with E-state index < -0.39 is 0 Å². The van der Waals surface area contributed by atoms with Crippen molar-refractivity contribution in [2.75, 3.05) is 6.61 Å². The molecule has 0 fully saturated rings. The van der Waals surface area contributed by atoms with Crippen molar-refractivity contribution in [3.8, 4) is 0 Å². The molecule has 1 heteroatoms. The lowest BCUT2D eigenvalue weighted by Gasteiger charge is -2.04. The van der Waals surface area contributed by atoms with Gasteiger partial charge in [-0.15, -0.1) is 0 Å². The van der Waals surface area contributed by atoms with E-state index in [9.17, 15) is 0 Å². The molecule has 0 aliphatic carbocycles. The highest BCUT2D eigenvalue weighted by Gasteiger charge is 1.96.